The summed E-state index contributed by atoms with van der Waals surface area (Å²) in [6, 6.07) is 0.245. The lowest BCUT2D eigenvalue weighted by Crippen LogP contribution is -2.07. The molecule has 1 aliphatic carbocycles. The van der Waals surface area contributed by atoms with Gasteiger partial charge in [0.25, 0.3) is 5.56 Å². The Morgan fingerprint density at radius 2 is 2.47 bits per heavy atom. The van der Waals surface area contributed by atoms with E-state index in [4.69, 9.17) is 5.11 Å². The molecule has 0 amide bonds. The van der Waals surface area contributed by atoms with Crippen LogP contribution >= 0.6 is 0 Å². The molecule has 0 spiro atoms. The highest BCUT2D eigenvalue weighted by atomic mass is 16.3. The number of hydrogen-bond donors (Lipinski definition) is 2. The van der Waals surface area contributed by atoms with Crippen LogP contribution in [0.5, 0.6) is 0 Å². The van der Waals surface area contributed by atoms with E-state index in [1.165, 1.54) is 6.33 Å². The van der Waals surface area contributed by atoms with Gasteiger partial charge in [0.2, 0.25) is 0 Å². The lowest BCUT2D eigenvalue weighted by Gasteiger charge is -1.99. The first-order valence-electron chi connectivity index (χ1n) is 4.82. The first-order chi connectivity index (χ1) is 7.31. The van der Waals surface area contributed by atoms with E-state index in [9.17, 15) is 4.79 Å². The number of nitrogens with one attached hydrogen (secondary N) is 1. The van der Waals surface area contributed by atoms with Gasteiger partial charge in [0, 0.05) is 18.6 Å². The third-order valence-electron chi connectivity index (χ3n) is 2.84. The molecule has 3 rings (SSSR count). The molecule has 6 heteroatoms. The van der Waals surface area contributed by atoms with Gasteiger partial charge in [-0.25, -0.2) is 9.97 Å². The van der Waals surface area contributed by atoms with Gasteiger partial charge in [-0.3, -0.25) is 4.79 Å². The third-order valence-corrected chi connectivity index (χ3v) is 2.84. The molecule has 6 nitrogen and oxygen atoms in total. The molecule has 1 fully saturated rings. The molecule has 15 heavy (non-hydrogen) atoms. The maximum Gasteiger partial charge on any atom is 0.278 e. The van der Waals surface area contributed by atoms with Crippen molar-refractivity contribution in [3.63, 3.8) is 0 Å². The number of hydrogen-bond acceptors (Lipinski definition) is 4. The van der Waals surface area contributed by atoms with Crippen LogP contribution in [0.15, 0.2) is 17.4 Å². The van der Waals surface area contributed by atoms with Gasteiger partial charge < -0.3 is 14.7 Å². The van der Waals surface area contributed by atoms with Crippen LogP contribution in [0.2, 0.25) is 0 Å². The van der Waals surface area contributed by atoms with E-state index < -0.39 is 0 Å². The van der Waals surface area contributed by atoms with Crippen LogP contribution in [0, 0.1) is 5.92 Å². The van der Waals surface area contributed by atoms with Crippen molar-refractivity contribution < 1.29 is 5.11 Å². The summed E-state index contributed by atoms with van der Waals surface area (Å²) in [7, 11) is 0. The number of H-pyrrole nitrogens is 1. The summed E-state index contributed by atoms with van der Waals surface area (Å²) >= 11 is 0. The first-order valence-corrected chi connectivity index (χ1v) is 4.82. The molecule has 0 aliphatic heterocycles. The molecular formula is C9H10N4O2. The van der Waals surface area contributed by atoms with E-state index in [2.05, 4.69) is 15.0 Å². The fraction of sp³-hybridized carbons (Fsp3) is 0.444. The molecule has 2 atom stereocenters. The number of aromatic amines is 1. The van der Waals surface area contributed by atoms with Gasteiger partial charge in [0.05, 0.1) is 12.7 Å². The predicted octanol–water partition coefficient (Wildman–Crippen LogP) is -0.327. The average molecular weight is 206 g/mol. The molecule has 0 unspecified atom stereocenters. The fourth-order valence-corrected chi connectivity index (χ4v) is 1.87. The molecule has 0 saturated heterocycles. The Bertz CT molecular complexity index is 558. The minimum Gasteiger partial charge on any atom is -0.396 e. The number of nitrogens with zero attached hydrogens (tertiary/aromatic N) is 3. The zero-order valence-corrected chi connectivity index (χ0v) is 7.92. The number of aliphatic hydroxyl groups excluding tert-OH is 1. The van der Waals surface area contributed by atoms with Crippen molar-refractivity contribution in [3.05, 3.63) is 23.0 Å². The molecule has 2 N–H and O–H groups in total. The monoisotopic (exact) mass is 206 g/mol. The second-order valence-corrected chi connectivity index (χ2v) is 3.80. The van der Waals surface area contributed by atoms with Gasteiger partial charge in [-0.2, -0.15) is 0 Å². The van der Waals surface area contributed by atoms with Crippen LogP contribution in [0.1, 0.15) is 12.5 Å². The number of imidazole rings is 1. The summed E-state index contributed by atoms with van der Waals surface area (Å²) in [5.41, 5.74) is 0.737. The number of aliphatic hydroxyl groups is 1. The lowest BCUT2D eigenvalue weighted by molar-refractivity contribution is 0.269. The molecule has 1 saturated carbocycles. The minimum atomic E-state index is -0.222. The van der Waals surface area contributed by atoms with Crippen molar-refractivity contribution in [2.24, 2.45) is 5.92 Å². The van der Waals surface area contributed by atoms with Crippen LogP contribution in [-0.2, 0) is 0 Å². The van der Waals surface area contributed by atoms with Crippen LogP contribution in [0.25, 0.3) is 11.2 Å². The van der Waals surface area contributed by atoms with Crippen LogP contribution in [-0.4, -0.2) is 31.2 Å². The Hall–Kier alpha value is -1.69. The Labute approximate surface area is 84.6 Å². The first kappa shape index (κ1) is 8.60. The van der Waals surface area contributed by atoms with Crippen LogP contribution < -0.4 is 5.56 Å². The van der Waals surface area contributed by atoms with E-state index in [1.807, 2.05) is 4.57 Å². The fourth-order valence-electron chi connectivity index (χ4n) is 1.87. The zero-order valence-electron chi connectivity index (χ0n) is 7.92. The predicted molar refractivity (Wildman–Crippen MR) is 52.4 cm³/mol. The van der Waals surface area contributed by atoms with Crippen molar-refractivity contribution in [1.82, 2.24) is 19.5 Å². The average Bonchev–Trinajstić information content (AvgIpc) is 2.90. The van der Waals surface area contributed by atoms with Gasteiger partial charge in [0.1, 0.15) is 0 Å². The number of rotatable bonds is 2. The van der Waals surface area contributed by atoms with Crippen molar-refractivity contribution in [1.29, 1.82) is 0 Å². The lowest BCUT2D eigenvalue weighted by atomic mass is 10.4. The maximum atomic E-state index is 11.4. The van der Waals surface area contributed by atoms with Crippen molar-refractivity contribution in [2.75, 3.05) is 6.61 Å². The second-order valence-electron chi connectivity index (χ2n) is 3.80. The molecule has 78 valence electrons. The molecule has 0 radical (unpaired) electrons. The highest BCUT2D eigenvalue weighted by molar-refractivity contribution is 5.69. The topological polar surface area (TPSA) is 83.8 Å². The Balaban J connectivity index is 2.14. The largest absolute Gasteiger partial charge is 0.396 e. The summed E-state index contributed by atoms with van der Waals surface area (Å²) in [6.07, 6.45) is 3.92. The summed E-state index contributed by atoms with van der Waals surface area (Å²) in [5, 5.41) is 8.98. The van der Waals surface area contributed by atoms with Gasteiger partial charge in [0.15, 0.2) is 11.2 Å². The van der Waals surface area contributed by atoms with Gasteiger partial charge in [-0.15, -0.1) is 0 Å². The molecular weight excluding hydrogens is 196 g/mol. The van der Waals surface area contributed by atoms with E-state index in [0.29, 0.717) is 11.2 Å². The number of fused-ring (bicyclic) bond motifs is 1. The number of aromatic nitrogens is 4. The van der Waals surface area contributed by atoms with Crippen molar-refractivity contribution in [2.45, 2.75) is 12.5 Å². The second kappa shape index (κ2) is 2.90. The highest BCUT2D eigenvalue weighted by Gasteiger charge is 2.39. The summed E-state index contributed by atoms with van der Waals surface area (Å²) in [6.45, 7) is 0.174. The maximum absolute atomic E-state index is 11.4. The summed E-state index contributed by atoms with van der Waals surface area (Å²) in [4.78, 5) is 22.0. The van der Waals surface area contributed by atoms with Gasteiger partial charge in [-0.1, -0.05) is 0 Å². The molecule has 2 aromatic heterocycles. The SMILES string of the molecule is O=c1[nH]cnc2c1ncn2[C@@H]1C[C@@H]1CO. The van der Waals surface area contributed by atoms with Gasteiger partial charge in [-0.05, 0) is 6.42 Å². The molecule has 0 bridgehead atoms. The van der Waals surface area contributed by atoms with E-state index in [1.54, 1.807) is 6.33 Å². The van der Waals surface area contributed by atoms with E-state index in [0.717, 1.165) is 6.42 Å². The normalized spacial score (nSPS) is 24.6. The van der Waals surface area contributed by atoms with Crippen LogP contribution in [0.4, 0.5) is 0 Å². The van der Waals surface area contributed by atoms with Crippen molar-refractivity contribution in [3.8, 4) is 0 Å². The molecule has 2 aromatic rings. The Morgan fingerprint density at radius 3 is 3.20 bits per heavy atom. The van der Waals surface area contributed by atoms with E-state index in [-0.39, 0.29) is 24.1 Å². The van der Waals surface area contributed by atoms with Crippen LogP contribution in [0.3, 0.4) is 0 Å². The molecule has 1 aliphatic rings. The Kier molecular flexibility index (Phi) is 1.66. The summed E-state index contributed by atoms with van der Waals surface area (Å²) < 4.78 is 1.87. The third kappa shape index (κ3) is 1.18. The van der Waals surface area contributed by atoms with E-state index >= 15 is 0 Å². The van der Waals surface area contributed by atoms with Gasteiger partial charge >= 0.3 is 0 Å². The zero-order chi connectivity index (χ0) is 10.4. The van der Waals surface area contributed by atoms with Crippen molar-refractivity contribution >= 4 is 11.2 Å². The highest BCUT2D eigenvalue weighted by Crippen LogP contribution is 2.43. The molecule has 0 aromatic carbocycles. The summed E-state index contributed by atoms with van der Waals surface area (Å²) in [5.74, 6) is 0.281. The molecule has 2 heterocycles. The minimum absolute atomic E-state index is 0.174. The standard InChI is InChI=1S/C9H10N4O2/c14-2-5-1-6(5)13-4-12-7-8(13)10-3-11-9(7)15/h3-6,14H,1-2H2,(H,10,11,15)/t5-,6-/m1/s1. The quantitative estimate of drug-likeness (QED) is 0.704. The Morgan fingerprint density at radius 1 is 1.60 bits per heavy atom. The smallest absolute Gasteiger partial charge is 0.278 e.